The summed E-state index contributed by atoms with van der Waals surface area (Å²) in [5.41, 5.74) is 7.01. The highest BCUT2D eigenvalue weighted by atomic mass is 79.9. The van der Waals surface area contributed by atoms with Crippen molar-refractivity contribution in [2.24, 2.45) is 5.73 Å². The van der Waals surface area contributed by atoms with Crippen LogP contribution in [0, 0.1) is 0 Å². The Hall–Kier alpha value is -0.750. The molecule has 2 rings (SSSR count). The molecule has 84 valence electrons. The fraction of sp³-hybridized carbons (Fsp3) is 0.182. The number of aromatic nitrogens is 1. The van der Waals surface area contributed by atoms with Crippen LogP contribution < -0.4 is 5.73 Å². The molecule has 5 heteroatoms. The first-order chi connectivity index (χ1) is 7.68. The molecule has 1 atom stereocenters. The lowest BCUT2D eigenvalue weighted by molar-refractivity contribution is 0.0931. The van der Waals surface area contributed by atoms with Crippen LogP contribution in [0.2, 0.25) is 0 Å². The molecule has 0 spiro atoms. The highest BCUT2D eigenvalue weighted by molar-refractivity contribution is 9.10. The summed E-state index contributed by atoms with van der Waals surface area (Å²) in [4.78, 5) is 4.81. The Balaban J connectivity index is 2.53. The Labute approximate surface area is 106 Å². The Morgan fingerprint density at radius 3 is 2.56 bits per heavy atom. The van der Waals surface area contributed by atoms with Gasteiger partial charge in [-0.25, -0.2) is 4.98 Å². The van der Waals surface area contributed by atoms with Crippen molar-refractivity contribution in [1.29, 1.82) is 0 Å². The zero-order chi connectivity index (χ0) is 11.6. The largest absolute Gasteiger partial charge is 0.378 e. The molecule has 2 aromatic rings. The molecule has 0 fully saturated rings. The first kappa shape index (κ1) is 11.7. The van der Waals surface area contributed by atoms with E-state index < -0.39 is 5.60 Å². The summed E-state index contributed by atoms with van der Waals surface area (Å²) in [5, 5.41) is 10.6. The van der Waals surface area contributed by atoms with Crippen LogP contribution in [-0.2, 0) is 5.60 Å². The SMILES string of the molecule is NCC(O)(c1ccccc1)c1scnc1Br. The molecule has 3 N–H and O–H groups in total. The predicted molar refractivity (Wildman–Crippen MR) is 68.3 cm³/mol. The summed E-state index contributed by atoms with van der Waals surface area (Å²) in [6.07, 6.45) is 0. The standard InChI is InChI=1S/C11H11BrN2OS/c12-10-9(16-7-14-10)11(15,6-13)8-4-2-1-3-5-8/h1-5,7,15H,6,13H2. The van der Waals surface area contributed by atoms with Crippen LogP contribution in [0.3, 0.4) is 0 Å². The first-order valence-electron chi connectivity index (χ1n) is 4.76. The number of thiazole rings is 1. The molecule has 0 saturated heterocycles. The van der Waals surface area contributed by atoms with E-state index in [0.717, 1.165) is 10.4 Å². The first-order valence-corrected chi connectivity index (χ1v) is 6.43. The minimum Gasteiger partial charge on any atom is -0.378 e. The van der Waals surface area contributed by atoms with Crippen molar-refractivity contribution in [3.8, 4) is 0 Å². The summed E-state index contributed by atoms with van der Waals surface area (Å²) in [6, 6.07) is 9.38. The number of nitrogens with two attached hydrogens (primary N) is 1. The van der Waals surface area contributed by atoms with E-state index in [2.05, 4.69) is 20.9 Å². The van der Waals surface area contributed by atoms with E-state index in [1.807, 2.05) is 30.3 Å². The van der Waals surface area contributed by atoms with Gasteiger partial charge in [0.25, 0.3) is 0 Å². The van der Waals surface area contributed by atoms with Crippen LogP contribution in [0.5, 0.6) is 0 Å². The van der Waals surface area contributed by atoms with E-state index in [4.69, 9.17) is 5.73 Å². The van der Waals surface area contributed by atoms with Gasteiger partial charge in [-0.15, -0.1) is 11.3 Å². The van der Waals surface area contributed by atoms with E-state index >= 15 is 0 Å². The molecule has 0 radical (unpaired) electrons. The van der Waals surface area contributed by atoms with Gasteiger partial charge in [-0.2, -0.15) is 0 Å². The molecule has 16 heavy (non-hydrogen) atoms. The zero-order valence-electron chi connectivity index (χ0n) is 8.43. The van der Waals surface area contributed by atoms with Crippen molar-refractivity contribution in [2.45, 2.75) is 5.60 Å². The van der Waals surface area contributed by atoms with Crippen molar-refractivity contribution in [3.63, 3.8) is 0 Å². The van der Waals surface area contributed by atoms with Gasteiger partial charge in [0.15, 0.2) is 0 Å². The monoisotopic (exact) mass is 298 g/mol. The van der Waals surface area contributed by atoms with E-state index in [1.54, 1.807) is 5.51 Å². The average molecular weight is 299 g/mol. The van der Waals surface area contributed by atoms with Crippen LogP contribution >= 0.6 is 27.3 Å². The molecule has 0 aliphatic heterocycles. The molecule has 1 heterocycles. The number of rotatable bonds is 3. The van der Waals surface area contributed by atoms with Crippen molar-refractivity contribution in [1.82, 2.24) is 4.98 Å². The second-order valence-corrected chi connectivity index (χ2v) is 5.01. The molecule has 0 saturated carbocycles. The summed E-state index contributed by atoms with van der Waals surface area (Å²) in [6.45, 7) is 0.123. The highest BCUT2D eigenvalue weighted by Gasteiger charge is 2.33. The molecule has 1 aromatic heterocycles. The number of hydrogen-bond acceptors (Lipinski definition) is 4. The fourth-order valence-corrected chi connectivity index (χ4v) is 3.21. The van der Waals surface area contributed by atoms with Crippen molar-refractivity contribution in [3.05, 3.63) is 50.9 Å². The normalized spacial score (nSPS) is 14.7. The quantitative estimate of drug-likeness (QED) is 0.912. The number of benzene rings is 1. The van der Waals surface area contributed by atoms with Gasteiger partial charge in [0, 0.05) is 6.54 Å². The van der Waals surface area contributed by atoms with Gasteiger partial charge in [0.2, 0.25) is 0 Å². The Morgan fingerprint density at radius 1 is 1.38 bits per heavy atom. The van der Waals surface area contributed by atoms with Crippen molar-refractivity contribution < 1.29 is 5.11 Å². The van der Waals surface area contributed by atoms with Crippen LogP contribution in [0.4, 0.5) is 0 Å². The number of aliphatic hydroxyl groups is 1. The lowest BCUT2D eigenvalue weighted by Crippen LogP contribution is -2.35. The van der Waals surface area contributed by atoms with E-state index in [1.165, 1.54) is 11.3 Å². The minimum absolute atomic E-state index is 0.123. The second kappa shape index (κ2) is 4.63. The molecule has 0 amide bonds. The predicted octanol–water partition coefficient (Wildman–Crippen LogP) is 2.10. The maximum atomic E-state index is 10.6. The lowest BCUT2D eigenvalue weighted by atomic mass is 9.93. The summed E-state index contributed by atoms with van der Waals surface area (Å²) in [7, 11) is 0. The molecule has 1 unspecified atom stereocenters. The zero-order valence-corrected chi connectivity index (χ0v) is 10.8. The molecule has 0 aliphatic rings. The van der Waals surface area contributed by atoms with Crippen molar-refractivity contribution in [2.75, 3.05) is 6.54 Å². The van der Waals surface area contributed by atoms with Crippen LogP contribution in [0.15, 0.2) is 40.4 Å². The van der Waals surface area contributed by atoms with Gasteiger partial charge in [-0.05, 0) is 21.5 Å². The number of nitrogens with zero attached hydrogens (tertiary/aromatic N) is 1. The average Bonchev–Trinajstić information content (AvgIpc) is 2.76. The van der Waals surface area contributed by atoms with E-state index in [9.17, 15) is 5.11 Å². The number of halogens is 1. The molecule has 0 aliphatic carbocycles. The second-order valence-electron chi connectivity index (χ2n) is 3.40. The fourth-order valence-electron chi connectivity index (χ4n) is 1.56. The maximum absolute atomic E-state index is 10.6. The third-order valence-electron chi connectivity index (χ3n) is 2.45. The highest BCUT2D eigenvalue weighted by Crippen LogP contribution is 2.35. The topological polar surface area (TPSA) is 59.1 Å². The molecule has 1 aromatic carbocycles. The van der Waals surface area contributed by atoms with Gasteiger partial charge in [-0.3, -0.25) is 0 Å². The third kappa shape index (κ3) is 1.91. The van der Waals surface area contributed by atoms with Crippen LogP contribution in [0.1, 0.15) is 10.4 Å². The Morgan fingerprint density at radius 2 is 2.06 bits per heavy atom. The Bertz CT molecular complexity index is 474. The molecular formula is C11H11BrN2OS. The third-order valence-corrected chi connectivity index (χ3v) is 4.29. The van der Waals surface area contributed by atoms with Gasteiger partial charge in [0.05, 0.1) is 10.4 Å². The Kier molecular flexibility index (Phi) is 3.39. The molecule has 0 bridgehead atoms. The summed E-state index contributed by atoms with van der Waals surface area (Å²) >= 11 is 4.71. The van der Waals surface area contributed by atoms with Crippen LogP contribution in [-0.4, -0.2) is 16.6 Å². The van der Waals surface area contributed by atoms with Crippen LogP contribution in [0.25, 0.3) is 0 Å². The van der Waals surface area contributed by atoms with E-state index in [-0.39, 0.29) is 6.54 Å². The van der Waals surface area contributed by atoms with Gasteiger partial charge in [0.1, 0.15) is 10.2 Å². The minimum atomic E-state index is -1.17. The van der Waals surface area contributed by atoms with E-state index in [0.29, 0.717) is 4.60 Å². The van der Waals surface area contributed by atoms with Gasteiger partial charge in [-0.1, -0.05) is 30.3 Å². The smallest absolute Gasteiger partial charge is 0.139 e. The van der Waals surface area contributed by atoms with Gasteiger partial charge < -0.3 is 10.8 Å². The summed E-state index contributed by atoms with van der Waals surface area (Å²) < 4.78 is 0.648. The lowest BCUT2D eigenvalue weighted by Gasteiger charge is -2.25. The maximum Gasteiger partial charge on any atom is 0.139 e. The molecule has 3 nitrogen and oxygen atoms in total. The van der Waals surface area contributed by atoms with Crippen molar-refractivity contribution >= 4 is 27.3 Å². The summed E-state index contributed by atoms with van der Waals surface area (Å²) in [5.74, 6) is 0. The molecular weight excluding hydrogens is 288 g/mol. The number of hydrogen-bond donors (Lipinski definition) is 2. The van der Waals surface area contributed by atoms with Gasteiger partial charge >= 0.3 is 0 Å².